The van der Waals surface area contributed by atoms with Crippen molar-refractivity contribution in [3.8, 4) is 0 Å². The number of hydrogen-bond acceptors (Lipinski definition) is 6. The first-order chi connectivity index (χ1) is 31.3. The molecule has 0 aromatic heterocycles. The summed E-state index contributed by atoms with van der Waals surface area (Å²) in [6.45, 7) is 11.4. The summed E-state index contributed by atoms with van der Waals surface area (Å²) in [5, 5.41) is 0. The van der Waals surface area contributed by atoms with Gasteiger partial charge in [-0.2, -0.15) is 0 Å². The number of hydrogen-bond donors (Lipinski definition) is 0. The molecule has 0 saturated heterocycles. The fourth-order valence-electron chi connectivity index (χ4n) is 8.84. The maximum absolute atomic E-state index is 12.8. The van der Waals surface area contributed by atoms with Crippen LogP contribution in [0.15, 0.2) is 0 Å². The molecule has 0 spiro atoms. The zero-order valence-corrected chi connectivity index (χ0v) is 43.9. The van der Waals surface area contributed by atoms with Crippen LogP contribution in [-0.4, -0.2) is 37.2 Å². The van der Waals surface area contributed by atoms with Crippen molar-refractivity contribution in [2.75, 3.05) is 13.2 Å². The second kappa shape index (κ2) is 50.8. The zero-order valence-electron chi connectivity index (χ0n) is 43.9. The van der Waals surface area contributed by atoms with Gasteiger partial charge in [0.2, 0.25) is 0 Å². The second-order valence-corrected chi connectivity index (χ2v) is 20.6. The van der Waals surface area contributed by atoms with E-state index in [0.29, 0.717) is 19.3 Å². The Balaban J connectivity index is 4.21. The highest BCUT2D eigenvalue weighted by Crippen LogP contribution is 2.18. The third kappa shape index (κ3) is 49.8. The van der Waals surface area contributed by atoms with E-state index >= 15 is 0 Å². The van der Waals surface area contributed by atoms with Crippen molar-refractivity contribution in [1.82, 2.24) is 0 Å². The van der Waals surface area contributed by atoms with Crippen molar-refractivity contribution < 1.29 is 28.6 Å². The first kappa shape index (κ1) is 62.4. The highest BCUT2D eigenvalue weighted by Gasteiger charge is 2.19. The largest absolute Gasteiger partial charge is 0.462 e. The van der Waals surface area contributed by atoms with Crippen molar-refractivity contribution in [3.05, 3.63) is 0 Å². The molecule has 1 unspecified atom stereocenters. The first-order valence-corrected chi connectivity index (χ1v) is 28.8. The summed E-state index contributed by atoms with van der Waals surface area (Å²) >= 11 is 0. The summed E-state index contributed by atoms with van der Waals surface area (Å²) in [5.41, 5.74) is 0. The number of ether oxygens (including phenoxy) is 3. The monoisotopic (exact) mass is 905 g/mol. The van der Waals surface area contributed by atoms with Crippen molar-refractivity contribution >= 4 is 17.9 Å². The minimum Gasteiger partial charge on any atom is -0.462 e. The molecule has 0 aromatic carbocycles. The molecule has 64 heavy (non-hydrogen) atoms. The van der Waals surface area contributed by atoms with Crippen LogP contribution in [0, 0.1) is 11.8 Å². The van der Waals surface area contributed by atoms with E-state index in [-0.39, 0.29) is 31.1 Å². The quantitative estimate of drug-likeness (QED) is 0.0344. The lowest BCUT2D eigenvalue weighted by atomic mass is 9.99. The van der Waals surface area contributed by atoms with Gasteiger partial charge in [-0.1, -0.05) is 285 Å². The average molecular weight is 906 g/mol. The van der Waals surface area contributed by atoms with Crippen LogP contribution in [0.4, 0.5) is 0 Å². The molecule has 0 fully saturated rings. The molecule has 0 saturated carbocycles. The molecule has 0 aliphatic heterocycles. The van der Waals surface area contributed by atoms with Crippen LogP contribution in [0.3, 0.4) is 0 Å². The van der Waals surface area contributed by atoms with E-state index in [4.69, 9.17) is 14.2 Å². The molecule has 0 aromatic rings. The molecule has 0 heterocycles. The Morgan fingerprint density at radius 1 is 0.328 bits per heavy atom. The van der Waals surface area contributed by atoms with Crippen LogP contribution in [0.1, 0.15) is 324 Å². The van der Waals surface area contributed by atoms with E-state index in [2.05, 4.69) is 34.6 Å². The Morgan fingerprint density at radius 2 is 0.594 bits per heavy atom. The Labute approximate surface area is 399 Å². The molecule has 0 aliphatic carbocycles. The Kier molecular flexibility index (Phi) is 49.6. The maximum Gasteiger partial charge on any atom is 0.306 e. The molecule has 2 atom stereocenters. The molecule has 0 bridgehead atoms. The number of unbranched alkanes of at least 4 members (excludes halogenated alkanes) is 36. The molecular formula is C58H112O6. The van der Waals surface area contributed by atoms with Crippen LogP contribution in [0.25, 0.3) is 0 Å². The fraction of sp³-hybridized carbons (Fsp3) is 0.948. The van der Waals surface area contributed by atoms with Gasteiger partial charge in [-0.25, -0.2) is 0 Å². The van der Waals surface area contributed by atoms with Crippen molar-refractivity contribution in [1.29, 1.82) is 0 Å². The van der Waals surface area contributed by atoms with Crippen molar-refractivity contribution in [2.45, 2.75) is 330 Å². The van der Waals surface area contributed by atoms with E-state index in [1.165, 1.54) is 212 Å². The van der Waals surface area contributed by atoms with Gasteiger partial charge in [0.1, 0.15) is 13.2 Å². The summed E-state index contributed by atoms with van der Waals surface area (Å²) < 4.78 is 16.8. The van der Waals surface area contributed by atoms with Crippen LogP contribution >= 0.6 is 0 Å². The number of carbonyl (C=O) groups excluding carboxylic acids is 3. The lowest BCUT2D eigenvalue weighted by molar-refractivity contribution is -0.167. The molecule has 6 nitrogen and oxygen atoms in total. The Hall–Kier alpha value is -1.59. The van der Waals surface area contributed by atoms with Gasteiger partial charge in [-0.15, -0.1) is 0 Å². The molecule has 380 valence electrons. The molecule has 6 heteroatoms. The van der Waals surface area contributed by atoms with Crippen LogP contribution in [0.2, 0.25) is 0 Å². The fourth-order valence-corrected chi connectivity index (χ4v) is 8.84. The van der Waals surface area contributed by atoms with E-state index in [1.807, 2.05) is 0 Å². The Bertz CT molecular complexity index is 980. The predicted octanol–water partition coefficient (Wildman–Crippen LogP) is 18.9. The average Bonchev–Trinajstić information content (AvgIpc) is 3.28. The van der Waals surface area contributed by atoms with Crippen molar-refractivity contribution in [3.63, 3.8) is 0 Å². The van der Waals surface area contributed by atoms with Crippen LogP contribution in [-0.2, 0) is 28.6 Å². The van der Waals surface area contributed by atoms with Gasteiger partial charge in [0, 0.05) is 19.3 Å². The lowest BCUT2D eigenvalue weighted by Gasteiger charge is -2.18. The standard InChI is InChI=1S/C58H112O6/c1-6-8-9-10-11-12-13-14-15-16-17-18-19-24-27-30-33-40-45-50-58(61)64-55(52-63-57(60)49-44-39-35-34-36-41-46-53(3)4)51-62-56(59)48-43-38-32-29-26-23-21-20-22-25-28-31-37-42-47-54(5)7-2/h53-55H,6-52H2,1-5H3/t54?,55-/m0/s1. The van der Waals surface area contributed by atoms with Gasteiger partial charge in [-0.05, 0) is 31.1 Å². The molecule has 0 radical (unpaired) electrons. The summed E-state index contributed by atoms with van der Waals surface area (Å²) in [5.74, 6) is 0.813. The molecular weight excluding hydrogens is 793 g/mol. The van der Waals surface area contributed by atoms with Gasteiger partial charge < -0.3 is 14.2 Å². The highest BCUT2D eigenvalue weighted by atomic mass is 16.6. The normalized spacial score (nSPS) is 12.5. The molecule has 0 aliphatic rings. The second-order valence-electron chi connectivity index (χ2n) is 20.6. The van der Waals surface area contributed by atoms with Crippen molar-refractivity contribution in [2.24, 2.45) is 11.8 Å². The van der Waals surface area contributed by atoms with Gasteiger partial charge >= 0.3 is 17.9 Å². The third-order valence-corrected chi connectivity index (χ3v) is 13.6. The summed E-state index contributed by atoms with van der Waals surface area (Å²) in [7, 11) is 0. The van der Waals surface area contributed by atoms with Crippen LogP contribution < -0.4 is 0 Å². The van der Waals surface area contributed by atoms with Crippen LogP contribution in [0.5, 0.6) is 0 Å². The molecule has 0 N–H and O–H groups in total. The maximum atomic E-state index is 12.8. The number of esters is 3. The van der Waals surface area contributed by atoms with Gasteiger partial charge in [0.15, 0.2) is 6.10 Å². The van der Waals surface area contributed by atoms with Gasteiger partial charge in [-0.3, -0.25) is 14.4 Å². The van der Waals surface area contributed by atoms with E-state index in [9.17, 15) is 14.4 Å². The summed E-state index contributed by atoms with van der Waals surface area (Å²) in [6.07, 6.45) is 53.9. The highest BCUT2D eigenvalue weighted by molar-refractivity contribution is 5.71. The smallest absolute Gasteiger partial charge is 0.306 e. The molecule has 0 amide bonds. The summed E-state index contributed by atoms with van der Waals surface area (Å²) in [6, 6.07) is 0. The van der Waals surface area contributed by atoms with Gasteiger partial charge in [0.05, 0.1) is 0 Å². The van der Waals surface area contributed by atoms with E-state index in [1.54, 1.807) is 0 Å². The zero-order chi connectivity index (χ0) is 46.8. The minimum absolute atomic E-state index is 0.0638. The van der Waals surface area contributed by atoms with E-state index < -0.39 is 6.10 Å². The SMILES string of the molecule is CCCCCCCCCCCCCCCCCCCCCC(=O)O[C@@H](COC(=O)CCCCCCCCCCCCCCCCC(C)CC)COC(=O)CCCCCCCCC(C)C. The van der Waals surface area contributed by atoms with E-state index in [0.717, 1.165) is 69.6 Å². The topological polar surface area (TPSA) is 78.9 Å². The predicted molar refractivity (Wildman–Crippen MR) is 275 cm³/mol. The minimum atomic E-state index is -0.763. The first-order valence-electron chi connectivity index (χ1n) is 28.8. The Morgan fingerprint density at radius 3 is 0.891 bits per heavy atom. The third-order valence-electron chi connectivity index (χ3n) is 13.6. The number of rotatable bonds is 52. The summed E-state index contributed by atoms with van der Waals surface area (Å²) in [4.78, 5) is 38.0. The number of carbonyl (C=O) groups is 3. The molecule has 0 rings (SSSR count). The lowest BCUT2D eigenvalue weighted by Crippen LogP contribution is -2.30. The van der Waals surface area contributed by atoms with Gasteiger partial charge in [0.25, 0.3) is 0 Å².